The number of hydrogen-bond acceptors (Lipinski definition) is 2. The molecule has 0 spiro atoms. The van der Waals surface area contributed by atoms with Crippen molar-refractivity contribution >= 4 is 35.3 Å². The summed E-state index contributed by atoms with van der Waals surface area (Å²) in [5, 5.41) is 2.80. The molecule has 4 heteroatoms. The molecule has 2 N–H and O–H groups in total. The van der Waals surface area contributed by atoms with E-state index in [1.807, 2.05) is 11.4 Å². The van der Waals surface area contributed by atoms with Gasteiger partial charge in [0.05, 0.1) is 5.02 Å². The van der Waals surface area contributed by atoms with Crippen LogP contribution in [0.2, 0.25) is 5.02 Å². The molecule has 0 aliphatic rings. The van der Waals surface area contributed by atoms with E-state index >= 15 is 0 Å². The maximum Gasteiger partial charge on any atom is 0.0561 e. The SMILES string of the molecule is CC(C)C[C@@H](N)c1sccc1Cl.Cl. The summed E-state index contributed by atoms with van der Waals surface area (Å²) >= 11 is 7.59. The van der Waals surface area contributed by atoms with Crippen LogP contribution in [0, 0.1) is 5.92 Å². The van der Waals surface area contributed by atoms with E-state index in [2.05, 4.69) is 13.8 Å². The molecule has 0 aromatic carbocycles. The van der Waals surface area contributed by atoms with Crippen LogP contribution >= 0.6 is 35.3 Å². The first-order valence-corrected chi connectivity index (χ1v) is 5.35. The third kappa shape index (κ3) is 3.86. The van der Waals surface area contributed by atoms with Crippen LogP contribution in [-0.2, 0) is 0 Å². The second-order valence-electron chi connectivity index (χ2n) is 3.37. The molecule has 1 nitrogen and oxygen atoms in total. The Morgan fingerprint density at radius 1 is 1.54 bits per heavy atom. The number of halogens is 2. The lowest BCUT2D eigenvalue weighted by Gasteiger charge is -2.12. The van der Waals surface area contributed by atoms with Gasteiger partial charge in [0, 0.05) is 10.9 Å². The minimum atomic E-state index is 0. The Morgan fingerprint density at radius 2 is 2.15 bits per heavy atom. The fraction of sp³-hybridized carbons (Fsp3) is 0.556. The van der Waals surface area contributed by atoms with Gasteiger partial charge in [-0.05, 0) is 23.8 Å². The molecule has 0 fully saturated rings. The topological polar surface area (TPSA) is 26.0 Å². The summed E-state index contributed by atoms with van der Waals surface area (Å²) in [5.41, 5.74) is 5.97. The second-order valence-corrected chi connectivity index (χ2v) is 4.72. The molecule has 1 atom stereocenters. The largest absolute Gasteiger partial charge is 0.323 e. The molecule has 0 radical (unpaired) electrons. The van der Waals surface area contributed by atoms with Gasteiger partial charge in [0.15, 0.2) is 0 Å². The van der Waals surface area contributed by atoms with Crippen molar-refractivity contribution in [2.24, 2.45) is 11.7 Å². The molecule has 0 unspecified atom stereocenters. The molecule has 0 saturated carbocycles. The van der Waals surface area contributed by atoms with Crippen LogP contribution in [-0.4, -0.2) is 0 Å². The van der Waals surface area contributed by atoms with Crippen molar-refractivity contribution in [3.8, 4) is 0 Å². The van der Waals surface area contributed by atoms with Gasteiger partial charge in [-0.25, -0.2) is 0 Å². The Kier molecular flexibility index (Phi) is 5.97. The lowest BCUT2D eigenvalue weighted by atomic mass is 10.0. The lowest BCUT2D eigenvalue weighted by Crippen LogP contribution is -2.11. The molecule has 1 rings (SSSR count). The van der Waals surface area contributed by atoms with Crippen molar-refractivity contribution in [3.63, 3.8) is 0 Å². The molecule has 1 heterocycles. The van der Waals surface area contributed by atoms with Crippen molar-refractivity contribution in [1.82, 2.24) is 0 Å². The van der Waals surface area contributed by atoms with Gasteiger partial charge < -0.3 is 5.73 Å². The molecule has 13 heavy (non-hydrogen) atoms. The predicted molar refractivity (Wildman–Crippen MR) is 63.0 cm³/mol. The maximum atomic E-state index is 5.97. The predicted octanol–water partition coefficient (Wildman–Crippen LogP) is 3.87. The highest BCUT2D eigenvalue weighted by atomic mass is 35.5. The molecule has 0 aliphatic heterocycles. The highest BCUT2D eigenvalue weighted by Gasteiger charge is 2.12. The number of thiophene rings is 1. The van der Waals surface area contributed by atoms with Crippen molar-refractivity contribution in [2.75, 3.05) is 0 Å². The van der Waals surface area contributed by atoms with Crippen LogP contribution in [0.5, 0.6) is 0 Å². The third-order valence-electron chi connectivity index (χ3n) is 1.71. The zero-order valence-electron chi connectivity index (χ0n) is 7.79. The molecule has 0 bridgehead atoms. The Morgan fingerprint density at radius 3 is 2.54 bits per heavy atom. The fourth-order valence-corrected chi connectivity index (χ4v) is 2.40. The van der Waals surface area contributed by atoms with Crippen LogP contribution in [0.1, 0.15) is 31.2 Å². The summed E-state index contributed by atoms with van der Waals surface area (Å²) in [5.74, 6) is 0.623. The van der Waals surface area contributed by atoms with Gasteiger partial charge in [0.2, 0.25) is 0 Å². The average molecular weight is 240 g/mol. The number of hydrogen-bond donors (Lipinski definition) is 1. The Balaban J connectivity index is 0.00000144. The summed E-state index contributed by atoms with van der Waals surface area (Å²) < 4.78 is 0. The summed E-state index contributed by atoms with van der Waals surface area (Å²) in [6.07, 6.45) is 1.00. The maximum absolute atomic E-state index is 5.97. The van der Waals surface area contributed by atoms with E-state index in [0.717, 1.165) is 16.3 Å². The van der Waals surface area contributed by atoms with E-state index in [0.29, 0.717) is 5.92 Å². The minimum Gasteiger partial charge on any atom is -0.323 e. The van der Waals surface area contributed by atoms with Crippen LogP contribution in [0.4, 0.5) is 0 Å². The summed E-state index contributed by atoms with van der Waals surface area (Å²) in [7, 11) is 0. The molecular weight excluding hydrogens is 225 g/mol. The highest BCUT2D eigenvalue weighted by Crippen LogP contribution is 2.30. The Hall–Kier alpha value is 0.240. The average Bonchev–Trinajstić information content (AvgIpc) is 2.33. The van der Waals surface area contributed by atoms with Gasteiger partial charge in [0.25, 0.3) is 0 Å². The van der Waals surface area contributed by atoms with Crippen molar-refractivity contribution in [1.29, 1.82) is 0 Å². The first-order valence-electron chi connectivity index (χ1n) is 4.09. The molecule has 1 aromatic rings. The molecule has 0 aliphatic carbocycles. The van der Waals surface area contributed by atoms with Gasteiger partial charge in [0.1, 0.15) is 0 Å². The van der Waals surface area contributed by atoms with Crippen LogP contribution in [0.3, 0.4) is 0 Å². The van der Waals surface area contributed by atoms with E-state index < -0.39 is 0 Å². The molecule has 0 amide bonds. The van der Waals surface area contributed by atoms with Gasteiger partial charge in [-0.15, -0.1) is 23.7 Å². The first-order chi connectivity index (χ1) is 5.61. The zero-order chi connectivity index (χ0) is 9.14. The van der Waals surface area contributed by atoms with Crippen LogP contribution in [0.15, 0.2) is 11.4 Å². The minimum absolute atomic E-state index is 0. The Bertz CT molecular complexity index is 248. The lowest BCUT2D eigenvalue weighted by molar-refractivity contribution is 0.515. The van der Waals surface area contributed by atoms with Gasteiger partial charge in [-0.1, -0.05) is 25.4 Å². The van der Waals surface area contributed by atoms with Crippen LogP contribution in [0.25, 0.3) is 0 Å². The smallest absolute Gasteiger partial charge is 0.0561 e. The molecular formula is C9H15Cl2NS. The van der Waals surface area contributed by atoms with E-state index in [9.17, 15) is 0 Å². The van der Waals surface area contributed by atoms with Crippen molar-refractivity contribution in [2.45, 2.75) is 26.3 Å². The quantitative estimate of drug-likeness (QED) is 0.852. The van der Waals surface area contributed by atoms with E-state index in [1.54, 1.807) is 11.3 Å². The summed E-state index contributed by atoms with van der Waals surface area (Å²) in [4.78, 5) is 1.12. The number of nitrogens with two attached hydrogens (primary N) is 1. The van der Waals surface area contributed by atoms with Crippen molar-refractivity contribution < 1.29 is 0 Å². The molecule has 1 aromatic heterocycles. The fourth-order valence-electron chi connectivity index (χ4n) is 1.18. The van der Waals surface area contributed by atoms with Gasteiger partial charge in [-0.2, -0.15) is 0 Å². The second kappa shape index (κ2) is 5.86. The number of rotatable bonds is 3. The van der Waals surface area contributed by atoms with Gasteiger partial charge >= 0.3 is 0 Å². The van der Waals surface area contributed by atoms with Crippen LogP contribution < -0.4 is 5.73 Å². The van der Waals surface area contributed by atoms with Crippen molar-refractivity contribution in [3.05, 3.63) is 21.3 Å². The standard InChI is InChI=1S/C9H14ClNS.ClH/c1-6(2)5-8(11)9-7(10)3-4-12-9;/h3-4,6,8H,5,11H2,1-2H3;1H/t8-;/m1./s1. The normalized spacial score (nSPS) is 12.7. The third-order valence-corrected chi connectivity index (χ3v) is 3.20. The summed E-state index contributed by atoms with van der Waals surface area (Å²) in [6.45, 7) is 4.34. The molecule has 76 valence electrons. The van der Waals surface area contributed by atoms with E-state index in [4.69, 9.17) is 17.3 Å². The van der Waals surface area contributed by atoms with E-state index in [1.165, 1.54) is 0 Å². The monoisotopic (exact) mass is 239 g/mol. The summed E-state index contributed by atoms with van der Waals surface area (Å²) in [6, 6.07) is 2.01. The first kappa shape index (κ1) is 13.2. The highest BCUT2D eigenvalue weighted by molar-refractivity contribution is 7.10. The molecule has 0 saturated heterocycles. The van der Waals surface area contributed by atoms with Gasteiger partial charge in [-0.3, -0.25) is 0 Å². The van der Waals surface area contributed by atoms with E-state index in [-0.39, 0.29) is 18.4 Å². The zero-order valence-corrected chi connectivity index (χ0v) is 10.2. The Labute approximate surface area is 94.7 Å².